The molecule has 0 amide bonds. The lowest BCUT2D eigenvalue weighted by atomic mass is 10.0. The molecule has 0 fully saturated rings. The number of nitrogens with one attached hydrogen (secondary N) is 1. The Bertz CT molecular complexity index is 412. The van der Waals surface area contributed by atoms with E-state index in [1.165, 1.54) is 11.1 Å². The first-order valence-electron chi connectivity index (χ1n) is 7.36. The zero-order chi connectivity index (χ0) is 15.2. The van der Waals surface area contributed by atoms with Gasteiger partial charge in [-0.05, 0) is 31.5 Å². The van der Waals surface area contributed by atoms with Crippen molar-refractivity contribution in [3.8, 4) is 5.75 Å². The molecule has 0 aliphatic rings. The average molecular weight is 295 g/mol. The van der Waals surface area contributed by atoms with Gasteiger partial charge < -0.3 is 10.1 Å². The van der Waals surface area contributed by atoms with Crippen molar-refractivity contribution in [2.75, 3.05) is 19.4 Å². The molecule has 2 nitrogen and oxygen atoms in total. The van der Waals surface area contributed by atoms with Crippen molar-refractivity contribution in [3.63, 3.8) is 0 Å². The predicted octanol–water partition coefficient (Wildman–Crippen LogP) is 4.06. The Kier molecular flexibility index (Phi) is 6.90. The number of hydrogen-bond acceptors (Lipinski definition) is 3. The first-order chi connectivity index (χ1) is 9.35. The summed E-state index contributed by atoms with van der Waals surface area (Å²) in [6.45, 7) is 12.1. The second kappa shape index (κ2) is 7.94. The average Bonchev–Trinajstić information content (AvgIpc) is 2.35. The highest BCUT2D eigenvalue weighted by Crippen LogP contribution is 2.26. The summed E-state index contributed by atoms with van der Waals surface area (Å²) in [5, 5.41) is 3.60. The van der Waals surface area contributed by atoms with E-state index in [9.17, 15) is 0 Å². The molecule has 1 unspecified atom stereocenters. The SMILES string of the molecule is CCNC(CSC(C)(C)C)Cc1cc(C)ccc1OC. The van der Waals surface area contributed by atoms with Gasteiger partial charge in [0.2, 0.25) is 0 Å². The van der Waals surface area contributed by atoms with Crippen LogP contribution in [0.3, 0.4) is 0 Å². The molecule has 3 heteroatoms. The largest absolute Gasteiger partial charge is 0.496 e. The van der Waals surface area contributed by atoms with Gasteiger partial charge in [0, 0.05) is 16.5 Å². The van der Waals surface area contributed by atoms with E-state index in [0.717, 1.165) is 24.5 Å². The van der Waals surface area contributed by atoms with E-state index < -0.39 is 0 Å². The van der Waals surface area contributed by atoms with Gasteiger partial charge in [0.05, 0.1) is 7.11 Å². The summed E-state index contributed by atoms with van der Waals surface area (Å²) < 4.78 is 5.80. The van der Waals surface area contributed by atoms with Crippen molar-refractivity contribution in [2.24, 2.45) is 0 Å². The minimum atomic E-state index is 0.310. The van der Waals surface area contributed by atoms with Crippen LogP contribution in [0.4, 0.5) is 0 Å². The molecule has 0 saturated heterocycles. The first-order valence-corrected chi connectivity index (χ1v) is 8.35. The van der Waals surface area contributed by atoms with Gasteiger partial charge >= 0.3 is 0 Å². The first kappa shape index (κ1) is 17.4. The van der Waals surface area contributed by atoms with Crippen molar-refractivity contribution in [3.05, 3.63) is 29.3 Å². The second-order valence-corrected chi connectivity index (χ2v) is 8.04. The van der Waals surface area contributed by atoms with Gasteiger partial charge in [-0.15, -0.1) is 0 Å². The van der Waals surface area contributed by atoms with Gasteiger partial charge in [-0.25, -0.2) is 0 Å². The van der Waals surface area contributed by atoms with Crippen LogP contribution in [-0.2, 0) is 6.42 Å². The molecule has 0 aromatic heterocycles. The molecule has 1 N–H and O–H groups in total. The number of rotatable bonds is 7. The van der Waals surface area contributed by atoms with Crippen molar-refractivity contribution in [1.82, 2.24) is 5.32 Å². The van der Waals surface area contributed by atoms with E-state index >= 15 is 0 Å². The molecule has 1 atom stereocenters. The summed E-state index contributed by atoms with van der Waals surface area (Å²) in [7, 11) is 1.75. The van der Waals surface area contributed by atoms with Crippen LogP contribution in [-0.4, -0.2) is 30.2 Å². The maximum atomic E-state index is 5.49. The van der Waals surface area contributed by atoms with Crippen molar-refractivity contribution >= 4 is 11.8 Å². The van der Waals surface area contributed by atoms with Gasteiger partial charge in [-0.3, -0.25) is 0 Å². The van der Waals surface area contributed by atoms with Gasteiger partial charge in [0.1, 0.15) is 5.75 Å². The van der Waals surface area contributed by atoms with Crippen LogP contribution >= 0.6 is 11.8 Å². The second-order valence-electron chi connectivity index (χ2n) is 6.20. The van der Waals surface area contributed by atoms with Crippen molar-refractivity contribution in [2.45, 2.75) is 51.8 Å². The molecule has 0 spiro atoms. The third-order valence-electron chi connectivity index (χ3n) is 3.11. The summed E-state index contributed by atoms with van der Waals surface area (Å²) in [4.78, 5) is 0. The number of likely N-dealkylation sites (N-methyl/N-ethyl adjacent to an activating group) is 1. The molecule has 1 aromatic carbocycles. The molecular weight excluding hydrogens is 266 g/mol. The standard InChI is InChI=1S/C17H29NOS/c1-7-18-15(12-20-17(3,4)5)11-14-10-13(2)8-9-16(14)19-6/h8-10,15,18H,7,11-12H2,1-6H3. The molecular formula is C17H29NOS. The fourth-order valence-electron chi connectivity index (χ4n) is 2.16. The lowest BCUT2D eigenvalue weighted by molar-refractivity contribution is 0.406. The van der Waals surface area contributed by atoms with Crippen LogP contribution < -0.4 is 10.1 Å². The quantitative estimate of drug-likeness (QED) is 0.820. The number of ether oxygens (including phenoxy) is 1. The number of methoxy groups -OCH3 is 1. The molecule has 1 rings (SSSR count). The van der Waals surface area contributed by atoms with Gasteiger partial charge in [-0.1, -0.05) is 45.4 Å². The Morgan fingerprint density at radius 3 is 2.55 bits per heavy atom. The lowest BCUT2D eigenvalue weighted by Gasteiger charge is -2.24. The molecule has 0 aliphatic heterocycles. The molecule has 114 valence electrons. The summed E-state index contributed by atoms with van der Waals surface area (Å²) in [5.41, 5.74) is 2.59. The molecule has 1 aromatic rings. The zero-order valence-electron chi connectivity index (χ0n) is 13.7. The highest BCUT2D eigenvalue weighted by atomic mass is 32.2. The predicted molar refractivity (Wildman–Crippen MR) is 91.1 cm³/mol. The molecule has 0 saturated carbocycles. The van der Waals surface area contributed by atoms with Crippen LogP contribution in [0.15, 0.2) is 18.2 Å². The van der Waals surface area contributed by atoms with Gasteiger partial charge in [0.25, 0.3) is 0 Å². The Morgan fingerprint density at radius 1 is 1.30 bits per heavy atom. The van der Waals surface area contributed by atoms with E-state index in [4.69, 9.17) is 4.74 Å². The Balaban J connectivity index is 2.76. The van der Waals surface area contributed by atoms with E-state index in [1.54, 1.807) is 7.11 Å². The van der Waals surface area contributed by atoms with E-state index in [-0.39, 0.29) is 0 Å². The van der Waals surface area contributed by atoms with Crippen molar-refractivity contribution in [1.29, 1.82) is 0 Å². The highest BCUT2D eigenvalue weighted by Gasteiger charge is 2.17. The Labute approximate surface area is 128 Å². The molecule has 0 radical (unpaired) electrons. The number of aryl methyl sites for hydroxylation is 1. The van der Waals surface area contributed by atoms with Crippen LogP contribution in [0.2, 0.25) is 0 Å². The van der Waals surface area contributed by atoms with Gasteiger partial charge in [0.15, 0.2) is 0 Å². The van der Waals surface area contributed by atoms with Crippen LogP contribution in [0.5, 0.6) is 5.75 Å². The number of benzene rings is 1. The summed E-state index contributed by atoms with van der Waals surface area (Å²) in [6, 6.07) is 6.91. The molecule has 0 heterocycles. The third kappa shape index (κ3) is 6.19. The maximum absolute atomic E-state index is 5.49. The van der Waals surface area contributed by atoms with E-state index in [1.807, 2.05) is 11.8 Å². The number of thioether (sulfide) groups is 1. The molecule has 0 aliphatic carbocycles. The smallest absolute Gasteiger partial charge is 0.122 e. The summed E-state index contributed by atoms with van der Waals surface area (Å²) >= 11 is 2.02. The fourth-order valence-corrected chi connectivity index (χ4v) is 3.10. The monoisotopic (exact) mass is 295 g/mol. The van der Waals surface area contributed by atoms with E-state index in [0.29, 0.717) is 10.8 Å². The van der Waals surface area contributed by atoms with Crippen LogP contribution in [0.25, 0.3) is 0 Å². The summed E-state index contributed by atoms with van der Waals surface area (Å²) in [6.07, 6.45) is 1.02. The van der Waals surface area contributed by atoms with Gasteiger partial charge in [-0.2, -0.15) is 11.8 Å². The minimum Gasteiger partial charge on any atom is -0.496 e. The lowest BCUT2D eigenvalue weighted by Crippen LogP contribution is -2.34. The zero-order valence-corrected chi connectivity index (χ0v) is 14.6. The maximum Gasteiger partial charge on any atom is 0.122 e. The van der Waals surface area contributed by atoms with E-state index in [2.05, 4.69) is 58.1 Å². The molecule has 20 heavy (non-hydrogen) atoms. The summed E-state index contributed by atoms with van der Waals surface area (Å²) in [5.74, 6) is 2.12. The third-order valence-corrected chi connectivity index (χ3v) is 4.55. The highest BCUT2D eigenvalue weighted by molar-refractivity contribution is 8.00. The van der Waals surface area contributed by atoms with Crippen LogP contribution in [0.1, 0.15) is 38.8 Å². The minimum absolute atomic E-state index is 0.310. The fraction of sp³-hybridized carbons (Fsp3) is 0.647. The normalized spacial score (nSPS) is 13.3. The Hall–Kier alpha value is -0.670. The molecule has 0 bridgehead atoms. The van der Waals surface area contributed by atoms with Crippen molar-refractivity contribution < 1.29 is 4.74 Å². The topological polar surface area (TPSA) is 21.3 Å². The number of hydrogen-bond donors (Lipinski definition) is 1. The van der Waals surface area contributed by atoms with Crippen LogP contribution in [0, 0.1) is 6.92 Å². The Morgan fingerprint density at radius 2 is 2.00 bits per heavy atom.